The summed E-state index contributed by atoms with van der Waals surface area (Å²) in [6.45, 7) is 3.70. The third-order valence-electron chi connectivity index (χ3n) is 3.23. The third-order valence-corrected chi connectivity index (χ3v) is 4.34. The summed E-state index contributed by atoms with van der Waals surface area (Å²) in [6.07, 6.45) is 1.71. The predicted octanol–water partition coefficient (Wildman–Crippen LogP) is 1.84. The average molecular weight is 286 g/mol. The third kappa shape index (κ3) is 3.51. The van der Waals surface area contributed by atoms with E-state index < -0.39 is 14.8 Å². The molecule has 0 saturated heterocycles. The number of sulfone groups is 1. The van der Waals surface area contributed by atoms with Gasteiger partial charge in [-0.1, -0.05) is 19.9 Å². The second-order valence-electron chi connectivity index (χ2n) is 4.61. The van der Waals surface area contributed by atoms with Crippen LogP contribution in [0.15, 0.2) is 23.1 Å². The molecule has 0 aliphatic heterocycles. The van der Waals surface area contributed by atoms with E-state index >= 15 is 0 Å². The van der Waals surface area contributed by atoms with E-state index in [0.29, 0.717) is 12.0 Å². The SMILES string of the molecule is CCC(N)C(C)c1ccc(S(C)(=O)=O)cc1[N+](=O)[O-]. The number of benzene rings is 1. The molecule has 0 amide bonds. The molecule has 0 aliphatic rings. The van der Waals surface area contributed by atoms with Crippen LogP contribution in [0.4, 0.5) is 5.69 Å². The Hall–Kier alpha value is -1.47. The topological polar surface area (TPSA) is 103 Å². The van der Waals surface area contributed by atoms with Crippen molar-refractivity contribution >= 4 is 15.5 Å². The normalized spacial score (nSPS) is 14.9. The van der Waals surface area contributed by atoms with Crippen molar-refractivity contribution in [2.75, 3.05) is 6.26 Å². The number of rotatable bonds is 5. The molecule has 2 atom stereocenters. The van der Waals surface area contributed by atoms with Gasteiger partial charge in [0.15, 0.2) is 9.84 Å². The van der Waals surface area contributed by atoms with Crippen LogP contribution in [0.2, 0.25) is 0 Å². The van der Waals surface area contributed by atoms with E-state index in [0.717, 1.165) is 12.3 Å². The monoisotopic (exact) mass is 286 g/mol. The fourth-order valence-corrected chi connectivity index (χ4v) is 2.52. The number of nitrogens with two attached hydrogens (primary N) is 1. The molecule has 19 heavy (non-hydrogen) atoms. The van der Waals surface area contributed by atoms with Gasteiger partial charge in [-0.3, -0.25) is 10.1 Å². The highest BCUT2D eigenvalue weighted by molar-refractivity contribution is 7.90. The van der Waals surface area contributed by atoms with Gasteiger partial charge in [-0.15, -0.1) is 0 Å². The van der Waals surface area contributed by atoms with Gasteiger partial charge < -0.3 is 5.73 Å². The van der Waals surface area contributed by atoms with Crippen molar-refractivity contribution in [2.45, 2.75) is 37.1 Å². The molecule has 7 heteroatoms. The quantitative estimate of drug-likeness (QED) is 0.657. The van der Waals surface area contributed by atoms with Crippen molar-refractivity contribution in [1.82, 2.24) is 0 Å². The van der Waals surface area contributed by atoms with E-state index in [-0.39, 0.29) is 22.5 Å². The highest BCUT2D eigenvalue weighted by atomic mass is 32.2. The summed E-state index contributed by atoms with van der Waals surface area (Å²) in [4.78, 5) is 10.5. The van der Waals surface area contributed by atoms with Crippen LogP contribution in [-0.2, 0) is 9.84 Å². The second-order valence-corrected chi connectivity index (χ2v) is 6.63. The molecular weight excluding hydrogens is 268 g/mol. The summed E-state index contributed by atoms with van der Waals surface area (Å²) in [6, 6.07) is 3.76. The summed E-state index contributed by atoms with van der Waals surface area (Å²) in [5.41, 5.74) is 6.17. The molecule has 1 aromatic rings. The van der Waals surface area contributed by atoms with Crippen LogP contribution in [0, 0.1) is 10.1 Å². The molecule has 106 valence electrons. The Morgan fingerprint density at radius 1 is 1.42 bits per heavy atom. The van der Waals surface area contributed by atoms with Gasteiger partial charge in [0, 0.05) is 29.8 Å². The zero-order valence-electron chi connectivity index (χ0n) is 11.2. The standard InChI is InChI=1S/C12H18N2O4S/c1-4-11(13)8(2)10-6-5-9(19(3,17)18)7-12(10)14(15)16/h5-8,11H,4,13H2,1-3H3. The second kappa shape index (κ2) is 5.66. The van der Waals surface area contributed by atoms with E-state index in [1.165, 1.54) is 12.1 Å². The van der Waals surface area contributed by atoms with Gasteiger partial charge in [-0.25, -0.2) is 8.42 Å². The Morgan fingerprint density at radius 2 is 2.00 bits per heavy atom. The molecule has 0 heterocycles. The molecule has 1 rings (SSSR count). The lowest BCUT2D eigenvalue weighted by atomic mass is 9.91. The summed E-state index contributed by atoms with van der Waals surface area (Å²) in [5, 5.41) is 11.1. The zero-order chi connectivity index (χ0) is 14.8. The van der Waals surface area contributed by atoms with Crippen LogP contribution < -0.4 is 5.73 Å². The molecule has 0 saturated carbocycles. The van der Waals surface area contributed by atoms with Gasteiger partial charge in [0.1, 0.15) is 0 Å². The fraction of sp³-hybridized carbons (Fsp3) is 0.500. The molecule has 6 nitrogen and oxygen atoms in total. The maximum absolute atomic E-state index is 11.4. The Balaban J connectivity index is 3.39. The largest absolute Gasteiger partial charge is 0.327 e. The van der Waals surface area contributed by atoms with Crippen LogP contribution in [0.5, 0.6) is 0 Å². The highest BCUT2D eigenvalue weighted by Gasteiger charge is 2.24. The number of nitrogens with zero attached hydrogens (tertiary/aromatic N) is 1. The lowest BCUT2D eigenvalue weighted by molar-refractivity contribution is -0.386. The first kappa shape index (κ1) is 15.6. The molecule has 1 aromatic carbocycles. The molecular formula is C12H18N2O4S. The van der Waals surface area contributed by atoms with Gasteiger partial charge >= 0.3 is 0 Å². The van der Waals surface area contributed by atoms with Crippen molar-refractivity contribution in [2.24, 2.45) is 5.73 Å². The lowest BCUT2D eigenvalue weighted by Crippen LogP contribution is -2.26. The van der Waals surface area contributed by atoms with E-state index in [1.807, 2.05) is 6.92 Å². The Labute approximate surface area is 112 Å². The van der Waals surface area contributed by atoms with Crippen molar-refractivity contribution in [3.63, 3.8) is 0 Å². The highest BCUT2D eigenvalue weighted by Crippen LogP contribution is 2.31. The first-order valence-corrected chi connectivity index (χ1v) is 7.81. The molecule has 0 bridgehead atoms. The maximum Gasteiger partial charge on any atom is 0.274 e. The maximum atomic E-state index is 11.4. The molecule has 0 radical (unpaired) electrons. The van der Waals surface area contributed by atoms with Crippen LogP contribution in [0.25, 0.3) is 0 Å². The molecule has 2 unspecified atom stereocenters. The van der Waals surface area contributed by atoms with Crippen LogP contribution in [0.1, 0.15) is 31.7 Å². The van der Waals surface area contributed by atoms with Crippen molar-refractivity contribution < 1.29 is 13.3 Å². The lowest BCUT2D eigenvalue weighted by Gasteiger charge is -2.18. The molecule has 0 aliphatic carbocycles. The number of hydrogen-bond donors (Lipinski definition) is 1. The number of hydrogen-bond acceptors (Lipinski definition) is 5. The summed E-state index contributed by atoms with van der Waals surface area (Å²) in [5.74, 6) is -0.209. The van der Waals surface area contributed by atoms with Gasteiger partial charge in [0.2, 0.25) is 0 Å². The number of nitro benzene ring substituents is 1. The van der Waals surface area contributed by atoms with Crippen molar-refractivity contribution in [3.8, 4) is 0 Å². The van der Waals surface area contributed by atoms with Crippen LogP contribution >= 0.6 is 0 Å². The first-order valence-electron chi connectivity index (χ1n) is 5.92. The Morgan fingerprint density at radius 3 is 2.42 bits per heavy atom. The van der Waals surface area contributed by atoms with Crippen LogP contribution in [0.3, 0.4) is 0 Å². The summed E-state index contributed by atoms with van der Waals surface area (Å²) < 4.78 is 22.9. The first-order chi connectivity index (χ1) is 8.68. The van der Waals surface area contributed by atoms with E-state index in [4.69, 9.17) is 5.73 Å². The molecule has 0 spiro atoms. The van der Waals surface area contributed by atoms with Gasteiger partial charge in [-0.2, -0.15) is 0 Å². The fourth-order valence-electron chi connectivity index (χ4n) is 1.88. The summed E-state index contributed by atoms with van der Waals surface area (Å²) >= 11 is 0. The minimum atomic E-state index is -3.46. The minimum Gasteiger partial charge on any atom is -0.327 e. The van der Waals surface area contributed by atoms with Gasteiger partial charge in [0.05, 0.1) is 9.82 Å². The van der Waals surface area contributed by atoms with Gasteiger partial charge in [-0.05, 0) is 12.5 Å². The van der Waals surface area contributed by atoms with Crippen LogP contribution in [-0.4, -0.2) is 25.6 Å². The van der Waals surface area contributed by atoms with Crippen molar-refractivity contribution in [3.05, 3.63) is 33.9 Å². The zero-order valence-corrected chi connectivity index (χ0v) is 12.0. The summed E-state index contributed by atoms with van der Waals surface area (Å²) in [7, 11) is -3.46. The predicted molar refractivity (Wildman–Crippen MR) is 72.9 cm³/mol. The Bertz CT molecular complexity index is 583. The Kier molecular flexibility index (Phi) is 4.65. The van der Waals surface area contributed by atoms with E-state index in [1.54, 1.807) is 6.92 Å². The van der Waals surface area contributed by atoms with E-state index in [9.17, 15) is 18.5 Å². The van der Waals surface area contributed by atoms with E-state index in [2.05, 4.69) is 0 Å². The van der Waals surface area contributed by atoms with Gasteiger partial charge in [0.25, 0.3) is 5.69 Å². The molecule has 0 fully saturated rings. The minimum absolute atomic E-state index is 0.0554. The van der Waals surface area contributed by atoms with Crippen molar-refractivity contribution in [1.29, 1.82) is 0 Å². The molecule has 2 N–H and O–H groups in total. The smallest absolute Gasteiger partial charge is 0.274 e. The average Bonchev–Trinajstić information content (AvgIpc) is 2.35. The number of nitro groups is 1. The molecule has 0 aromatic heterocycles.